The zero-order chi connectivity index (χ0) is 31.2. The summed E-state index contributed by atoms with van der Waals surface area (Å²) in [4.78, 5) is 15.3. The van der Waals surface area contributed by atoms with Crippen LogP contribution in [0, 0.1) is 0 Å². The summed E-state index contributed by atoms with van der Waals surface area (Å²) in [5.74, 6) is 1.99. The lowest BCUT2D eigenvalue weighted by Crippen LogP contribution is -2.00. The average molecular weight is 618 g/mol. The first-order valence-electron chi connectivity index (χ1n) is 15.7. The minimum Gasteiger partial charge on any atom is -0.208 e. The number of fused-ring (bicyclic) bond motifs is 4. The molecule has 0 saturated carbocycles. The summed E-state index contributed by atoms with van der Waals surface area (Å²) < 4.78 is 2.44. The molecule has 47 heavy (non-hydrogen) atoms. The first-order valence-corrected chi connectivity index (χ1v) is 16.5. The second-order valence-corrected chi connectivity index (χ2v) is 12.7. The largest absolute Gasteiger partial charge is 0.208 e. The molecule has 3 nitrogen and oxygen atoms in total. The SMILES string of the molecule is c1ccc(-c2ccc(-c3nc(-c4ccc5cc(-c6ccccc6)ccc5c4)nc(-c4cccc5c4sc4ccccc45)n3)cc2)cc1. The van der Waals surface area contributed by atoms with Crippen molar-refractivity contribution < 1.29 is 0 Å². The number of benzene rings is 7. The van der Waals surface area contributed by atoms with Crippen molar-refractivity contribution in [1.82, 2.24) is 15.0 Å². The minimum absolute atomic E-state index is 0.655. The predicted molar refractivity (Wildman–Crippen MR) is 197 cm³/mol. The molecule has 0 unspecified atom stereocenters. The maximum atomic E-state index is 5.14. The highest BCUT2D eigenvalue weighted by Crippen LogP contribution is 2.40. The molecule has 9 rings (SSSR count). The Kier molecular flexibility index (Phi) is 6.65. The molecule has 0 aliphatic carbocycles. The van der Waals surface area contributed by atoms with E-state index in [9.17, 15) is 0 Å². The number of rotatable bonds is 5. The second kappa shape index (κ2) is 11.4. The standard InChI is InChI=1S/C43H27N3S/c1-3-10-28(11-4-1)30-18-20-31(21-19-30)41-44-42(35-25-24-33-26-32(22-23-34(33)27-35)29-12-5-2-6-13-29)46-43(45-41)38-16-9-15-37-36-14-7-8-17-39(36)47-40(37)38/h1-27H. The summed E-state index contributed by atoms with van der Waals surface area (Å²) in [6, 6.07) is 57.5. The smallest absolute Gasteiger partial charge is 0.165 e. The Morgan fingerprint density at radius 3 is 1.60 bits per heavy atom. The lowest BCUT2D eigenvalue weighted by Gasteiger charge is -2.11. The van der Waals surface area contributed by atoms with Crippen LogP contribution in [-0.2, 0) is 0 Å². The monoisotopic (exact) mass is 617 g/mol. The molecule has 7 aromatic carbocycles. The van der Waals surface area contributed by atoms with Crippen molar-refractivity contribution in [1.29, 1.82) is 0 Å². The Labute approximate surface area is 276 Å². The van der Waals surface area contributed by atoms with E-state index in [0.29, 0.717) is 17.5 Å². The molecule has 2 aromatic heterocycles. The van der Waals surface area contributed by atoms with E-state index in [1.165, 1.54) is 42.2 Å². The maximum Gasteiger partial charge on any atom is 0.165 e. The molecule has 0 spiro atoms. The third kappa shape index (κ3) is 5.05. The molecule has 0 atom stereocenters. The topological polar surface area (TPSA) is 38.7 Å². The van der Waals surface area contributed by atoms with Gasteiger partial charge in [0.15, 0.2) is 17.5 Å². The molecule has 0 saturated heterocycles. The molecule has 220 valence electrons. The van der Waals surface area contributed by atoms with E-state index in [1.807, 2.05) is 12.1 Å². The molecule has 0 bridgehead atoms. The number of thiophene rings is 1. The van der Waals surface area contributed by atoms with E-state index in [-0.39, 0.29) is 0 Å². The van der Waals surface area contributed by atoms with Gasteiger partial charge in [0.25, 0.3) is 0 Å². The quantitative estimate of drug-likeness (QED) is 0.193. The van der Waals surface area contributed by atoms with Gasteiger partial charge in [-0.25, -0.2) is 15.0 Å². The molecule has 0 aliphatic heterocycles. The molecule has 9 aromatic rings. The van der Waals surface area contributed by atoms with Gasteiger partial charge >= 0.3 is 0 Å². The molecule has 0 N–H and O–H groups in total. The van der Waals surface area contributed by atoms with Crippen LogP contribution >= 0.6 is 11.3 Å². The van der Waals surface area contributed by atoms with Crippen molar-refractivity contribution in [3.8, 4) is 56.4 Å². The molecule has 0 amide bonds. The van der Waals surface area contributed by atoms with Gasteiger partial charge in [-0.15, -0.1) is 11.3 Å². The van der Waals surface area contributed by atoms with Crippen molar-refractivity contribution in [2.24, 2.45) is 0 Å². The summed E-state index contributed by atoms with van der Waals surface area (Å²) in [7, 11) is 0. The van der Waals surface area contributed by atoms with Crippen LogP contribution < -0.4 is 0 Å². The number of aromatic nitrogens is 3. The number of hydrogen-bond acceptors (Lipinski definition) is 4. The maximum absolute atomic E-state index is 5.14. The van der Waals surface area contributed by atoms with Crippen LogP contribution in [0.25, 0.3) is 87.4 Å². The summed E-state index contributed by atoms with van der Waals surface area (Å²) in [6.45, 7) is 0. The third-order valence-corrected chi connectivity index (χ3v) is 9.96. The molecular weight excluding hydrogens is 591 g/mol. The zero-order valence-electron chi connectivity index (χ0n) is 25.3. The van der Waals surface area contributed by atoms with Crippen LogP contribution in [-0.4, -0.2) is 15.0 Å². The van der Waals surface area contributed by atoms with E-state index in [0.717, 1.165) is 27.6 Å². The minimum atomic E-state index is 0.655. The van der Waals surface area contributed by atoms with Crippen molar-refractivity contribution in [2.45, 2.75) is 0 Å². The fraction of sp³-hybridized carbons (Fsp3) is 0. The Hall–Kier alpha value is -5.97. The van der Waals surface area contributed by atoms with Gasteiger partial charge in [-0.05, 0) is 57.3 Å². The molecule has 0 radical (unpaired) electrons. The first kappa shape index (κ1) is 27.3. The summed E-state index contributed by atoms with van der Waals surface area (Å²) in [5.41, 5.74) is 7.67. The predicted octanol–water partition coefficient (Wildman–Crippen LogP) is 11.7. The van der Waals surface area contributed by atoms with Gasteiger partial charge in [0, 0.05) is 36.9 Å². The van der Waals surface area contributed by atoms with Gasteiger partial charge in [-0.2, -0.15) is 0 Å². The second-order valence-electron chi connectivity index (χ2n) is 11.7. The zero-order valence-corrected chi connectivity index (χ0v) is 26.2. The Morgan fingerprint density at radius 2 is 0.851 bits per heavy atom. The van der Waals surface area contributed by atoms with Crippen LogP contribution in [0.2, 0.25) is 0 Å². The van der Waals surface area contributed by atoms with Gasteiger partial charge in [0.1, 0.15) is 0 Å². The Bertz CT molecular complexity index is 2550. The van der Waals surface area contributed by atoms with Crippen LogP contribution in [0.5, 0.6) is 0 Å². The highest BCUT2D eigenvalue weighted by Gasteiger charge is 2.17. The van der Waals surface area contributed by atoms with Crippen LogP contribution in [0.3, 0.4) is 0 Å². The normalized spacial score (nSPS) is 11.4. The molecule has 4 heteroatoms. The van der Waals surface area contributed by atoms with Crippen LogP contribution in [0.1, 0.15) is 0 Å². The number of nitrogens with zero attached hydrogens (tertiary/aromatic N) is 3. The molecular formula is C43H27N3S. The van der Waals surface area contributed by atoms with Gasteiger partial charge in [-0.1, -0.05) is 140 Å². The van der Waals surface area contributed by atoms with E-state index >= 15 is 0 Å². The summed E-state index contributed by atoms with van der Waals surface area (Å²) in [5, 5.41) is 4.80. The van der Waals surface area contributed by atoms with Gasteiger partial charge in [0.05, 0.1) is 0 Å². The Morgan fingerprint density at radius 1 is 0.340 bits per heavy atom. The van der Waals surface area contributed by atoms with Gasteiger partial charge < -0.3 is 0 Å². The summed E-state index contributed by atoms with van der Waals surface area (Å²) in [6.07, 6.45) is 0. The van der Waals surface area contributed by atoms with Crippen LogP contribution in [0.15, 0.2) is 164 Å². The van der Waals surface area contributed by atoms with E-state index in [4.69, 9.17) is 15.0 Å². The van der Waals surface area contributed by atoms with Crippen molar-refractivity contribution in [2.75, 3.05) is 0 Å². The lowest BCUT2D eigenvalue weighted by molar-refractivity contribution is 1.08. The van der Waals surface area contributed by atoms with E-state index < -0.39 is 0 Å². The lowest BCUT2D eigenvalue weighted by atomic mass is 10.00. The Balaban J connectivity index is 1.20. The van der Waals surface area contributed by atoms with E-state index in [1.54, 1.807) is 11.3 Å². The van der Waals surface area contributed by atoms with Crippen LogP contribution in [0.4, 0.5) is 0 Å². The third-order valence-electron chi connectivity index (χ3n) is 8.74. The van der Waals surface area contributed by atoms with Crippen molar-refractivity contribution in [3.63, 3.8) is 0 Å². The summed E-state index contributed by atoms with van der Waals surface area (Å²) >= 11 is 1.79. The fourth-order valence-corrected chi connectivity index (χ4v) is 7.53. The molecule has 0 aliphatic rings. The number of hydrogen-bond donors (Lipinski definition) is 0. The highest BCUT2D eigenvalue weighted by molar-refractivity contribution is 7.26. The van der Waals surface area contributed by atoms with Gasteiger partial charge in [-0.3, -0.25) is 0 Å². The van der Waals surface area contributed by atoms with Crippen molar-refractivity contribution in [3.05, 3.63) is 164 Å². The molecule has 2 heterocycles. The first-order chi connectivity index (χ1) is 23.3. The van der Waals surface area contributed by atoms with Gasteiger partial charge in [0.2, 0.25) is 0 Å². The van der Waals surface area contributed by atoms with Crippen molar-refractivity contribution >= 4 is 42.3 Å². The fourth-order valence-electron chi connectivity index (χ4n) is 6.32. The molecule has 0 fully saturated rings. The highest BCUT2D eigenvalue weighted by atomic mass is 32.1. The van der Waals surface area contributed by atoms with E-state index in [2.05, 4.69) is 152 Å². The average Bonchev–Trinajstić information content (AvgIpc) is 3.54.